The maximum absolute atomic E-state index is 6.50. The van der Waals surface area contributed by atoms with Gasteiger partial charge in [-0.2, -0.15) is 0 Å². The van der Waals surface area contributed by atoms with Crippen molar-refractivity contribution in [3.63, 3.8) is 0 Å². The topological polar surface area (TPSA) is 3.24 Å². The molecule has 3 heteroatoms. The number of halogens is 1. The summed E-state index contributed by atoms with van der Waals surface area (Å²) in [5.41, 5.74) is 4.26. The molecule has 0 amide bonds. The van der Waals surface area contributed by atoms with E-state index in [-0.39, 0.29) is 4.75 Å². The molecule has 2 aliphatic rings. The van der Waals surface area contributed by atoms with Gasteiger partial charge in [0.05, 0.1) is 5.25 Å². The second-order valence-corrected chi connectivity index (χ2v) is 8.30. The molecule has 0 radical (unpaired) electrons. The largest absolute Gasteiger partial charge is 0.306 e. The summed E-state index contributed by atoms with van der Waals surface area (Å²) in [6.07, 6.45) is 2.46. The number of rotatable bonds is 1. The summed E-state index contributed by atoms with van der Waals surface area (Å²) in [5, 5.41) is 1.26. The van der Waals surface area contributed by atoms with Gasteiger partial charge in [0.15, 0.2) is 0 Å². The minimum atomic E-state index is 0.271. The predicted molar refractivity (Wildman–Crippen MR) is 95.7 cm³/mol. The monoisotopic (exact) mass is 329 g/mol. The van der Waals surface area contributed by atoms with Crippen LogP contribution in [0, 0.1) is 0 Å². The SMILES string of the molecule is CN1CCC2(CC1)SC(c1ccccc1Cl)c1ccccc12. The molecule has 0 aromatic heterocycles. The van der Waals surface area contributed by atoms with Crippen molar-refractivity contribution >= 4 is 23.4 Å². The summed E-state index contributed by atoms with van der Waals surface area (Å²) in [6.45, 7) is 2.35. The summed E-state index contributed by atoms with van der Waals surface area (Å²) < 4.78 is 0.271. The summed E-state index contributed by atoms with van der Waals surface area (Å²) in [4.78, 5) is 2.44. The van der Waals surface area contributed by atoms with Crippen molar-refractivity contribution in [1.82, 2.24) is 4.90 Å². The van der Waals surface area contributed by atoms with Crippen molar-refractivity contribution < 1.29 is 0 Å². The van der Waals surface area contributed by atoms with Gasteiger partial charge in [-0.25, -0.2) is 0 Å². The van der Waals surface area contributed by atoms with Crippen LogP contribution in [-0.2, 0) is 4.75 Å². The molecular weight excluding hydrogens is 310 g/mol. The van der Waals surface area contributed by atoms with E-state index in [0.717, 1.165) is 5.02 Å². The number of benzene rings is 2. The van der Waals surface area contributed by atoms with Crippen LogP contribution in [0.4, 0.5) is 0 Å². The number of nitrogens with zero attached hydrogens (tertiary/aromatic N) is 1. The Hall–Kier alpha value is -0.960. The zero-order valence-corrected chi connectivity index (χ0v) is 14.3. The fourth-order valence-electron chi connectivity index (χ4n) is 3.78. The first-order valence-electron chi connectivity index (χ1n) is 7.90. The molecule has 2 aromatic rings. The molecule has 1 fully saturated rings. The summed E-state index contributed by atoms with van der Waals surface area (Å²) in [5.74, 6) is 0. The van der Waals surface area contributed by atoms with Crippen LogP contribution in [0.2, 0.25) is 5.02 Å². The van der Waals surface area contributed by atoms with Crippen LogP contribution in [0.3, 0.4) is 0 Å². The van der Waals surface area contributed by atoms with Gasteiger partial charge >= 0.3 is 0 Å². The highest BCUT2D eigenvalue weighted by Crippen LogP contribution is 2.61. The van der Waals surface area contributed by atoms with Crippen LogP contribution >= 0.6 is 23.4 Å². The van der Waals surface area contributed by atoms with Crippen LogP contribution in [-0.4, -0.2) is 25.0 Å². The van der Waals surface area contributed by atoms with Gasteiger partial charge in [-0.15, -0.1) is 11.8 Å². The quantitative estimate of drug-likeness (QED) is 0.716. The Kier molecular flexibility index (Phi) is 3.72. The lowest BCUT2D eigenvalue weighted by Gasteiger charge is -2.38. The molecule has 1 unspecified atom stereocenters. The molecule has 2 heterocycles. The zero-order chi connectivity index (χ0) is 15.2. The first-order chi connectivity index (χ1) is 10.7. The molecule has 2 aromatic carbocycles. The summed E-state index contributed by atoms with van der Waals surface area (Å²) in [6, 6.07) is 17.3. The molecule has 22 heavy (non-hydrogen) atoms. The van der Waals surface area contributed by atoms with E-state index in [2.05, 4.69) is 60.1 Å². The zero-order valence-electron chi connectivity index (χ0n) is 12.8. The number of likely N-dealkylation sites (tertiary alicyclic amines) is 1. The highest BCUT2D eigenvalue weighted by atomic mass is 35.5. The van der Waals surface area contributed by atoms with E-state index in [4.69, 9.17) is 11.6 Å². The van der Waals surface area contributed by atoms with Crippen LogP contribution in [0.15, 0.2) is 48.5 Å². The molecule has 2 aliphatic heterocycles. The smallest absolute Gasteiger partial charge is 0.0573 e. The Bertz CT molecular complexity index is 691. The summed E-state index contributed by atoms with van der Waals surface area (Å²) in [7, 11) is 2.23. The molecule has 1 spiro atoms. The average molecular weight is 330 g/mol. The van der Waals surface area contributed by atoms with Crippen LogP contribution in [0.25, 0.3) is 0 Å². The minimum absolute atomic E-state index is 0.271. The van der Waals surface area contributed by atoms with E-state index >= 15 is 0 Å². The van der Waals surface area contributed by atoms with Crippen molar-refractivity contribution in [2.24, 2.45) is 0 Å². The first-order valence-corrected chi connectivity index (χ1v) is 9.16. The first kappa shape index (κ1) is 14.6. The second kappa shape index (κ2) is 5.59. The van der Waals surface area contributed by atoms with Crippen molar-refractivity contribution in [2.75, 3.05) is 20.1 Å². The maximum Gasteiger partial charge on any atom is 0.0573 e. The van der Waals surface area contributed by atoms with E-state index in [1.165, 1.54) is 42.6 Å². The summed E-state index contributed by atoms with van der Waals surface area (Å²) >= 11 is 8.62. The van der Waals surface area contributed by atoms with Crippen molar-refractivity contribution in [1.29, 1.82) is 0 Å². The van der Waals surface area contributed by atoms with Crippen molar-refractivity contribution in [3.05, 3.63) is 70.2 Å². The van der Waals surface area contributed by atoms with Gasteiger partial charge in [-0.3, -0.25) is 0 Å². The van der Waals surface area contributed by atoms with Gasteiger partial charge in [0.1, 0.15) is 0 Å². The van der Waals surface area contributed by atoms with Gasteiger partial charge < -0.3 is 4.90 Å². The highest BCUT2D eigenvalue weighted by Gasteiger charge is 2.46. The third-order valence-electron chi connectivity index (χ3n) is 5.06. The number of thioether (sulfide) groups is 1. The fraction of sp³-hybridized carbons (Fsp3) is 0.368. The third-order valence-corrected chi connectivity index (χ3v) is 7.23. The van der Waals surface area contributed by atoms with E-state index < -0.39 is 0 Å². The van der Waals surface area contributed by atoms with E-state index in [1.54, 1.807) is 0 Å². The number of hydrogen-bond donors (Lipinski definition) is 0. The Morgan fingerprint density at radius 2 is 1.64 bits per heavy atom. The van der Waals surface area contributed by atoms with E-state index in [9.17, 15) is 0 Å². The molecule has 1 saturated heterocycles. The third kappa shape index (κ3) is 2.29. The van der Waals surface area contributed by atoms with Crippen molar-refractivity contribution in [3.8, 4) is 0 Å². The van der Waals surface area contributed by atoms with E-state index in [1.807, 2.05) is 12.1 Å². The molecule has 114 valence electrons. The molecule has 0 bridgehead atoms. The molecule has 4 rings (SSSR count). The fourth-order valence-corrected chi connectivity index (χ4v) is 5.94. The van der Waals surface area contributed by atoms with Gasteiger partial charge in [0.2, 0.25) is 0 Å². The molecule has 0 saturated carbocycles. The Balaban J connectivity index is 1.79. The normalized spacial score (nSPS) is 23.6. The Labute approximate surface area is 141 Å². The molecule has 0 N–H and O–H groups in total. The number of fused-ring (bicyclic) bond motifs is 2. The molecule has 1 nitrogen and oxygen atoms in total. The molecular formula is C19H20ClNS. The maximum atomic E-state index is 6.50. The lowest BCUT2D eigenvalue weighted by Crippen LogP contribution is -2.37. The lowest BCUT2D eigenvalue weighted by molar-refractivity contribution is 0.241. The Morgan fingerprint density at radius 1 is 1.00 bits per heavy atom. The van der Waals surface area contributed by atoms with E-state index in [0.29, 0.717) is 5.25 Å². The van der Waals surface area contributed by atoms with Crippen LogP contribution in [0.1, 0.15) is 34.8 Å². The van der Waals surface area contributed by atoms with Gasteiger partial charge in [0, 0.05) is 9.77 Å². The van der Waals surface area contributed by atoms with Crippen molar-refractivity contribution in [2.45, 2.75) is 22.8 Å². The van der Waals surface area contributed by atoms with Gasteiger partial charge in [0.25, 0.3) is 0 Å². The van der Waals surface area contributed by atoms with Crippen LogP contribution < -0.4 is 0 Å². The van der Waals surface area contributed by atoms with Gasteiger partial charge in [-0.1, -0.05) is 54.1 Å². The molecule has 1 atom stereocenters. The molecule has 0 aliphatic carbocycles. The van der Waals surface area contributed by atoms with Crippen LogP contribution in [0.5, 0.6) is 0 Å². The standard InChI is InChI=1S/C19H20ClNS/c1-21-12-10-19(11-13-21)16-8-4-2-6-14(16)18(22-19)15-7-3-5-9-17(15)20/h2-9,18H,10-13H2,1H3. The predicted octanol–water partition coefficient (Wildman–Crippen LogP) is 5.10. The lowest BCUT2D eigenvalue weighted by atomic mass is 9.84. The van der Waals surface area contributed by atoms with Gasteiger partial charge in [-0.05, 0) is 55.7 Å². The average Bonchev–Trinajstić information content (AvgIpc) is 2.86. The Morgan fingerprint density at radius 3 is 2.36 bits per heavy atom. The number of piperidine rings is 1. The minimum Gasteiger partial charge on any atom is -0.306 e. The highest BCUT2D eigenvalue weighted by molar-refractivity contribution is 8.01. The number of hydrogen-bond acceptors (Lipinski definition) is 2. The second-order valence-electron chi connectivity index (χ2n) is 6.40.